The zero-order valence-corrected chi connectivity index (χ0v) is 15.8. The summed E-state index contributed by atoms with van der Waals surface area (Å²) in [5.41, 5.74) is 1.20. The first-order valence-electron chi connectivity index (χ1n) is 8.42. The van der Waals surface area contributed by atoms with Gasteiger partial charge in [-0.25, -0.2) is 12.8 Å². The normalized spacial score (nSPS) is 11.4. The highest BCUT2D eigenvalue weighted by molar-refractivity contribution is 7.91. The van der Waals surface area contributed by atoms with E-state index in [4.69, 9.17) is 9.52 Å². The number of nitrogens with one attached hydrogen (secondary N) is 1. The Kier molecular flexibility index (Phi) is 5.62. The first-order valence-corrected chi connectivity index (χ1v) is 10.1. The SMILES string of the molecule is Cc1cc(S(=O)(=O)CCO)ccc1NC(=O)c1ccc(-c2ccccc2F)o1. The van der Waals surface area contributed by atoms with Crippen LogP contribution in [0.3, 0.4) is 0 Å². The molecule has 2 N–H and O–H groups in total. The first kappa shape index (κ1) is 19.8. The second kappa shape index (κ2) is 7.95. The Balaban J connectivity index is 1.80. The summed E-state index contributed by atoms with van der Waals surface area (Å²) in [7, 11) is -3.58. The highest BCUT2D eigenvalue weighted by Crippen LogP contribution is 2.26. The van der Waals surface area contributed by atoms with Gasteiger partial charge in [0.25, 0.3) is 5.91 Å². The molecule has 3 rings (SSSR count). The average molecular weight is 403 g/mol. The number of halogens is 1. The largest absolute Gasteiger partial charge is 0.451 e. The van der Waals surface area contributed by atoms with Crippen molar-refractivity contribution in [2.45, 2.75) is 11.8 Å². The predicted molar refractivity (Wildman–Crippen MR) is 102 cm³/mol. The van der Waals surface area contributed by atoms with Crippen LogP contribution in [0.15, 0.2) is 63.9 Å². The third-order valence-electron chi connectivity index (χ3n) is 4.13. The quantitative estimate of drug-likeness (QED) is 0.657. The van der Waals surface area contributed by atoms with Crippen molar-refractivity contribution in [3.63, 3.8) is 0 Å². The van der Waals surface area contributed by atoms with Crippen LogP contribution >= 0.6 is 0 Å². The lowest BCUT2D eigenvalue weighted by Gasteiger charge is -2.10. The van der Waals surface area contributed by atoms with Gasteiger partial charge in [-0.2, -0.15) is 0 Å². The molecular weight excluding hydrogens is 385 g/mol. The van der Waals surface area contributed by atoms with Crippen LogP contribution in [0.25, 0.3) is 11.3 Å². The zero-order chi connectivity index (χ0) is 20.3. The van der Waals surface area contributed by atoms with Crippen molar-refractivity contribution in [2.75, 3.05) is 17.7 Å². The molecule has 0 spiro atoms. The number of carbonyl (C=O) groups excluding carboxylic acids is 1. The monoisotopic (exact) mass is 403 g/mol. The minimum Gasteiger partial charge on any atom is -0.451 e. The van der Waals surface area contributed by atoms with Crippen molar-refractivity contribution in [3.05, 3.63) is 71.7 Å². The number of anilines is 1. The van der Waals surface area contributed by atoms with Gasteiger partial charge in [0.2, 0.25) is 0 Å². The zero-order valence-electron chi connectivity index (χ0n) is 15.0. The molecule has 0 aliphatic carbocycles. The van der Waals surface area contributed by atoms with Crippen LogP contribution in [-0.4, -0.2) is 31.8 Å². The van der Waals surface area contributed by atoms with Crippen LogP contribution in [-0.2, 0) is 9.84 Å². The van der Waals surface area contributed by atoms with Gasteiger partial charge in [0, 0.05) is 5.69 Å². The molecular formula is C20H18FNO5S. The maximum atomic E-state index is 13.8. The average Bonchev–Trinajstić information content (AvgIpc) is 3.13. The van der Waals surface area contributed by atoms with Crippen molar-refractivity contribution in [3.8, 4) is 11.3 Å². The molecule has 3 aromatic rings. The van der Waals surface area contributed by atoms with E-state index in [1.807, 2.05) is 0 Å². The summed E-state index contributed by atoms with van der Waals surface area (Å²) in [6.07, 6.45) is 0. The Bertz CT molecular complexity index is 1120. The minimum atomic E-state index is -3.58. The third-order valence-corrected chi connectivity index (χ3v) is 5.83. The van der Waals surface area contributed by atoms with Crippen molar-refractivity contribution in [1.29, 1.82) is 0 Å². The van der Waals surface area contributed by atoms with Crippen molar-refractivity contribution in [2.24, 2.45) is 0 Å². The Morgan fingerprint density at radius 3 is 2.57 bits per heavy atom. The molecule has 0 saturated heterocycles. The topological polar surface area (TPSA) is 96.6 Å². The van der Waals surface area contributed by atoms with E-state index in [-0.39, 0.29) is 27.7 Å². The summed E-state index contributed by atoms with van der Waals surface area (Å²) in [6, 6.07) is 13.3. The Morgan fingerprint density at radius 1 is 1.14 bits per heavy atom. The molecule has 0 radical (unpaired) electrons. The maximum Gasteiger partial charge on any atom is 0.291 e. The summed E-state index contributed by atoms with van der Waals surface area (Å²) < 4.78 is 43.3. The second-order valence-corrected chi connectivity index (χ2v) is 8.23. The lowest BCUT2D eigenvalue weighted by atomic mass is 10.1. The molecule has 6 nitrogen and oxygen atoms in total. The second-order valence-electron chi connectivity index (χ2n) is 6.12. The van der Waals surface area contributed by atoms with Crippen LogP contribution in [0.2, 0.25) is 0 Å². The number of sulfone groups is 1. The fourth-order valence-electron chi connectivity index (χ4n) is 2.66. The number of aryl methyl sites for hydroxylation is 1. The number of hydrogen-bond acceptors (Lipinski definition) is 5. The fourth-order valence-corrected chi connectivity index (χ4v) is 3.77. The standard InChI is InChI=1S/C20H18FNO5S/c1-13-12-14(28(25,26)11-10-23)6-7-17(13)22-20(24)19-9-8-18(27-19)15-4-2-3-5-16(15)21/h2-9,12,23H,10-11H2,1H3,(H,22,24). The van der Waals surface area contributed by atoms with Crippen LogP contribution < -0.4 is 5.32 Å². The Hall–Kier alpha value is -2.97. The van der Waals surface area contributed by atoms with Gasteiger partial charge in [-0.3, -0.25) is 4.79 Å². The highest BCUT2D eigenvalue weighted by atomic mass is 32.2. The molecule has 0 fully saturated rings. The summed E-state index contributed by atoms with van der Waals surface area (Å²) in [4.78, 5) is 12.5. The molecule has 0 unspecified atom stereocenters. The fraction of sp³-hybridized carbons (Fsp3) is 0.150. The molecule has 8 heteroatoms. The Labute approximate surface area is 161 Å². The number of benzene rings is 2. The molecule has 0 saturated carbocycles. The van der Waals surface area contributed by atoms with E-state index in [1.165, 1.54) is 36.4 Å². The van der Waals surface area contributed by atoms with E-state index in [9.17, 15) is 17.6 Å². The van der Waals surface area contributed by atoms with E-state index in [0.717, 1.165) is 0 Å². The van der Waals surface area contributed by atoms with Crippen molar-refractivity contribution in [1.82, 2.24) is 0 Å². The number of amides is 1. The number of aliphatic hydroxyl groups excluding tert-OH is 1. The number of hydrogen-bond donors (Lipinski definition) is 2. The molecule has 0 atom stereocenters. The minimum absolute atomic E-state index is 0.00497. The lowest BCUT2D eigenvalue weighted by molar-refractivity contribution is 0.0997. The third kappa shape index (κ3) is 4.13. The molecule has 1 aromatic heterocycles. The first-order chi connectivity index (χ1) is 13.3. The van der Waals surface area contributed by atoms with Crippen LogP contribution in [0, 0.1) is 12.7 Å². The molecule has 0 aliphatic heterocycles. The van der Waals surface area contributed by atoms with Crippen LogP contribution in [0.1, 0.15) is 16.1 Å². The number of aliphatic hydroxyl groups is 1. The van der Waals surface area contributed by atoms with Gasteiger partial charge in [0.1, 0.15) is 11.6 Å². The van der Waals surface area contributed by atoms with E-state index < -0.39 is 28.2 Å². The van der Waals surface area contributed by atoms with Gasteiger partial charge < -0.3 is 14.8 Å². The summed E-state index contributed by atoms with van der Waals surface area (Å²) in [5, 5.41) is 11.5. The van der Waals surface area contributed by atoms with Gasteiger partial charge in [-0.1, -0.05) is 12.1 Å². The summed E-state index contributed by atoms with van der Waals surface area (Å²) in [6.45, 7) is 1.18. The smallest absolute Gasteiger partial charge is 0.291 e. The van der Waals surface area contributed by atoms with Crippen molar-refractivity contribution >= 4 is 21.4 Å². The number of furan rings is 1. The Morgan fingerprint density at radius 2 is 1.89 bits per heavy atom. The number of carbonyl (C=O) groups is 1. The van der Waals surface area contributed by atoms with Crippen LogP contribution in [0.4, 0.5) is 10.1 Å². The maximum absolute atomic E-state index is 13.8. The van der Waals surface area contributed by atoms with Gasteiger partial charge in [-0.05, 0) is 55.0 Å². The van der Waals surface area contributed by atoms with E-state index in [1.54, 1.807) is 25.1 Å². The van der Waals surface area contributed by atoms with Gasteiger partial charge in [0.05, 0.1) is 22.8 Å². The molecule has 0 bridgehead atoms. The summed E-state index contributed by atoms with van der Waals surface area (Å²) in [5.74, 6) is -1.15. The van der Waals surface area contributed by atoms with Crippen molar-refractivity contribution < 1.29 is 27.1 Å². The van der Waals surface area contributed by atoms with E-state index in [0.29, 0.717) is 11.3 Å². The van der Waals surface area contributed by atoms with Gasteiger partial charge >= 0.3 is 0 Å². The van der Waals surface area contributed by atoms with Gasteiger partial charge in [0.15, 0.2) is 15.6 Å². The number of rotatable bonds is 6. The predicted octanol–water partition coefficient (Wildman–Crippen LogP) is 3.41. The van der Waals surface area contributed by atoms with E-state index in [2.05, 4.69) is 5.32 Å². The molecule has 0 aliphatic rings. The van der Waals surface area contributed by atoms with E-state index >= 15 is 0 Å². The lowest BCUT2D eigenvalue weighted by Crippen LogP contribution is -2.13. The molecule has 1 heterocycles. The molecule has 28 heavy (non-hydrogen) atoms. The van der Waals surface area contributed by atoms with Crippen LogP contribution in [0.5, 0.6) is 0 Å². The van der Waals surface area contributed by atoms with Gasteiger partial charge in [-0.15, -0.1) is 0 Å². The highest BCUT2D eigenvalue weighted by Gasteiger charge is 2.18. The summed E-state index contributed by atoms with van der Waals surface area (Å²) >= 11 is 0. The molecule has 1 amide bonds. The molecule has 2 aromatic carbocycles. The molecule has 146 valence electrons.